The van der Waals surface area contributed by atoms with Gasteiger partial charge >= 0.3 is 0 Å². The summed E-state index contributed by atoms with van der Waals surface area (Å²) in [6.07, 6.45) is 1.55. The van der Waals surface area contributed by atoms with Gasteiger partial charge in [0.25, 0.3) is 0 Å². The Morgan fingerprint density at radius 2 is 1.76 bits per heavy atom. The first-order chi connectivity index (χ1) is 12.2. The highest BCUT2D eigenvalue weighted by Crippen LogP contribution is 2.36. The molecule has 6 heteroatoms. The van der Waals surface area contributed by atoms with Crippen molar-refractivity contribution in [3.63, 3.8) is 0 Å². The third kappa shape index (κ3) is 3.34. The van der Waals surface area contributed by atoms with Gasteiger partial charge in [-0.3, -0.25) is 0 Å². The zero-order valence-corrected chi connectivity index (χ0v) is 14.6. The van der Waals surface area contributed by atoms with Crippen LogP contribution < -0.4 is 5.32 Å². The van der Waals surface area contributed by atoms with Gasteiger partial charge in [0.1, 0.15) is 22.8 Å². The molecule has 124 valence electrons. The molecule has 0 saturated heterocycles. The Balaban J connectivity index is 1.70. The van der Waals surface area contributed by atoms with Crippen molar-refractivity contribution in [2.75, 3.05) is 5.32 Å². The van der Waals surface area contributed by atoms with Crippen LogP contribution in [0.3, 0.4) is 0 Å². The molecule has 3 nitrogen and oxygen atoms in total. The summed E-state index contributed by atoms with van der Waals surface area (Å²) in [5, 5.41) is 7.10. The first kappa shape index (κ1) is 16.0. The molecule has 1 N–H and O–H groups in total. The molecule has 2 aromatic heterocycles. The number of fused-ring (bicyclic) bond motifs is 1. The van der Waals surface area contributed by atoms with E-state index in [9.17, 15) is 4.39 Å². The average molecular weight is 370 g/mol. The summed E-state index contributed by atoms with van der Waals surface area (Å²) in [6, 6.07) is 14.1. The number of nitrogens with zero attached hydrogens (tertiary/aromatic N) is 2. The molecule has 0 aliphatic carbocycles. The number of hydrogen-bond acceptors (Lipinski definition) is 4. The van der Waals surface area contributed by atoms with Gasteiger partial charge in [0, 0.05) is 22.5 Å². The summed E-state index contributed by atoms with van der Waals surface area (Å²) in [6.45, 7) is 0.558. The van der Waals surface area contributed by atoms with E-state index in [-0.39, 0.29) is 5.82 Å². The molecule has 0 atom stereocenters. The number of anilines is 1. The molecule has 0 amide bonds. The highest BCUT2D eigenvalue weighted by atomic mass is 35.5. The normalized spacial score (nSPS) is 11.0. The monoisotopic (exact) mass is 369 g/mol. The summed E-state index contributed by atoms with van der Waals surface area (Å²) in [5.41, 5.74) is 3.12. The molecule has 0 aliphatic heterocycles. The van der Waals surface area contributed by atoms with Crippen molar-refractivity contribution in [2.24, 2.45) is 0 Å². The molecule has 0 bridgehead atoms. The van der Waals surface area contributed by atoms with Gasteiger partial charge in [-0.1, -0.05) is 35.9 Å². The zero-order chi connectivity index (χ0) is 17.2. The average Bonchev–Trinajstić information content (AvgIpc) is 3.07. The molecule has 0 radical (unpaired) electrons. The van der Waals surface area contributed by atoms with Crippen LogP contribution in [0, 0.1) is 5.82 Å². The minimum atomic E-state index is -0.240. The second-order valence-corrected chi connectivity index (χ2v) is 6.83. The van der Waals surface area contributed by atoms with Crippen molar-refractivity contribution < 1.29 is 4.39 Å². The van der Waals surface area contributed by atoms with Crippen LogP contribution >= 0.6 is 22.9 Å². The van der Waals surface area contributed by atoms with Crippen molar-refractivity contribution in [1.82, 2.24) is 9.97 Å². The van der Waals surface area contributed by atoms with Gasteiger partial charge in [-0.15, -0.1) is 11.3 Å². The standard InChI is InChI=1S/C19H13ClFN3S/c20-14-5-3-13(4-6-14)16-10-25-19-17(16)18(23-11-24-19)22-9-12-1-7-15(21)8-2-12/h1-8,10-11H,9H2,(H,22,23,24). The lowest BCUT2D eigenvalue weighted by Crippen LogP contribution is -2.02. The van der Waals surface area contributed by atoms with Crippen molar-refractivity contribution in [1.29, 1.82) is 0 Å². The number of hydrogen-bond donors (Lipinski definition) is 1. The Labute approximate surface area is 153 Å². The summed E-state index contributed by atoms with van der Waals surface area (Å²) in [7, 11) is 0. The summed E-state index contributed by atoms with van der Waals surface area (Å²) in [4.78, 5) is 9.68. The molecular formula is C19H13ClFN3S. The van der Waals surface area contributed by atoms with Crippen molar-refractivity contribution in [3.8, 4) is 11.1 Å². The van der Waals surface area contributed by atoms with E-state index in [4.69, 9.17) is 11.6 Å². The fourth-order valence-electron chi connectivity index (χ4n) is 2.64. The van der Waals surface area contributed by atoms with Gasteiger partial charge < -0.3 is 5.32 Å². The molecule has 0 saturated carbocycles. The van der Waals surface area contributed by atoms with E-state index in [0.29, 0.717) is 11.6 Å². The number of nitrogens with one attached hydrogen (secondary N) is 1. The van der Waals surface area contributed by atoms with E-state index in [1.54, 1.807) is 29.8 Å². The summed E-state index contributed by atoms with van der Waals surface area (Å²) in [5.74, 6) is 0.525. The smallest absolute Gasteiger partial charge is 0.139 e. The van der Waals surface area contributed by atoms with Gasteiger partial charge in [-0.2, -0.15) is 0 Å². The highest BCUT2D eigenvalue weighted by Gasteiger charge is 2.13. The van der Waals surface area contributed by atoms with Crippen molar-refractivity contribution >= 4 is 39.0 Å². The van der Waals surface area contributed by atoms with E-state index in [1.165, 1.54) is 12.1 Å². The maximum absolute atomic E-state index is 13.0. The zero-order valence-electron chi connectivity index (χ0n) is 13.0. The van der Waals surface area contributed by atoms with E-state index in [2.05, 4.69) is 20.7 Å². The van der Waals surface area contributed by atoms with Crippen molar-refractivity contribution in [3.05, 3.63) is 76.6 Å². The van der Waals surface area contributed by atoms with E-state index < -0.39 is 0 Å². The molecule has 4 rings (SSSR count). The molecule has 0 unspecified atom stereocenters. The third-order valence-electron chi connectivity index (χ3n) is 3.90. The third-order valence-corrected chi connectivity index (χ3v) is 5.04. The Kier molecular flexibility index (Phi) is 4.34. The number of aromatic nitrogens is 2. The lowest BCUT2D eigenvalue weighted by Gasteiger charge is -2.09. The van der Waals surface area contributed by atoms with Crippen LogP contribution in [0.2, 0.25) is 5.02 Å². The fraction of sp³-hybridized carbons (Fsp3) is 0.0526. The maximum atomic E-state index is 13.0. The SMILES string of the molecule is Fc1ccc(CNc2ncnc3scc(-c4ccc(Cl)cc4)c23)cc1. The minimum Gasteiger partial charge on any atom is -0.365 e. The molecule has 0 fully saturated rings. The van der Waals surface area contributed by atoms with E-state index in [1.807, 2.05) is 24.3 Å². The Morgan fingerprint density at radius 3 is 2.52 bits per heavy atom. The Hall–Kier alpha value is -2.50. The second-order valence-electron chi connectivity index (χ2n) is 5.54. The first-order valence-corrected chi connectivity index (χ1v) is 8.93. The van der Waals surface area contributed by atoms with Crippen LogP contribution in [-0.4, -0.2) is 9.97 Å². The Morgan fingerprint density at radius 1 is 1.00 bits per heavy atom. The molecule has 2 aromatic carbocycles. The van der Waals surface area contributed by atoms with Crippen LogP contribution in [-0.2, 0) is 6.54 Å². The highest BCUT2D eigenvalue weighted by molar-refractivity contribution is 7.17. The largest absolute Gasteiger partial charge is 0.365 e. The van der Waals surface area contributed by atoms with Gasteiger partial charge in [0.15, 0.2) is 0 Å². The molecule has 0 aliphatic rings. The number of rotatable bonds is 4. The lowest BCUT2D eigenvalue weighted by molar-refractivity contribution is 0.627. The minimum absolute atomic E-state index is 0.240. The molecule has 4 aromatic rings. The van der Waals surface area contributed by atoms with E-state index >= 15 is 0 Å². The molecule has 25 heavy (non-hydrogen) atoms. The van der Waals surface area contributed by atoms with Crippen LogP contribution in [0.1, 0.15) is 5.56 Å². The maximum Gasteiger partial charge on any atom is 0.139 e. The quantitative estimate of drug-likeness (QED) is 0.496. The second kappa shape index (κ2) is 6.78. The van der Waals surface area contributed by atoms with Gasteiger partial charge in [0.05, 0.1) is 5.39 Å². The predicted octanol–water partition coefficient (Wildman–Crippen LogP) is 5.76. The fourth-order valence-corrected chi connectivity index (χ4v) is 3.68. The number of thiophene rings is 1. The van der Waals surface area contributed by atoms with Crippen molar-refractivity contribution in [2.45, 2.75) is 6.54 Å². The lowest BCUT2D eigenvalue weighted by atomic mass is 10.1. The van der Waals surface area contributed by atoms with Gasteiger partial charge in [0.2, 0.25) is 0 Å². The predicted molar refractivity (Wildman–Crippen MR) is 102 cm³/mol. The molecular weight excluding hydrogens is 357 g/mol. The van der Waals surface area contributed by atoms with Crippen LogP contribution in [0.5, 0.6) is 0 Å². The summed E-state index contributed by atoms with van der Waals surface area (Å²) < 4.78 is 13.0. The number of halogens is 2. The van der Waals surface area contributed by atoms with E-state index in [0.717, 1.165) is 32.7 Å². The van der Waals surface area contributed by atoms with Crippen LogP contribution in [0.4, 0.5) is 10.2 Å². The van der Waals surface area contributed by atoms with Gasteiger partial charge in [-0.05, 0) is 35.4 Å². The number of benzene rings is 2. The molecule has 2 heterocycles. The molecule has 0 spiro atoms. The Bertz CT molecular complexity index is 1010. The van der Waals surface area contributed by atoms with Crippen LogP contribution in [0.15, 0.2) is 60.2 Å². The topological polar surface area (TPSA) is 37.8 Å². The summed E-state index contributed by atoms with van der Waals surface area (Å²) >= 11 is 7.57. The van der Waals surface area contributed by atoms with Crippen LogP contribution in [0.25, 0.3) is 21.3 Å². The van der Waals surface area contributed by atoms with Gasteiger partial charge in [-0.25, -0.2) is 14.4 Å². The first-order valence-electron chi connectivity index (χ1n) is 7.67.